The van der Waals surface area contributed by atoms with Crippen LogP contribution in [0.25, 0.3) is 0 Å². The number of amides is 1. The van der Waals surface area contributed by atoms with E-state index < -0.39 is 0 Å². The average Bonchev–Trinajstić information content (AvgIpc) is 3.32. The lowest BCUT2D eigenvalue weighted by Crippen LogP contribution is -2.17. The van der Waals surface area contributed by atoms with Crippen molar-refractivity contribution in [3.8, 4) is 6.07 Å². The van der Waals surface area contributed by atoms with Gasteiger partial charge >= 0.3 is 0 Å². The van der Waals surface area contributed by atoms with Crippen molar-refractivity contribution in [1.29, 1.82) is 5.26 Å². The van der Waals surface area contributed by atoms with Crippen LogP contribution < -0.4 is 5.32 Å². The Morgan fingerprint density at radius 2 is 2.00 bits per heavy atom. The number of nitrogens with one attached hydrogen (secondary N) is 1. The maximum Gasteiger partial charge on any atom is 0.256 e. The lowest BCUT2D eigenvalue weighted by atomic mass is 10.2. The second-order valence-electron chi connectivity index (χ2n) is 6.06. The molecule has 3 rings (SSSR count). The van der Waals surface area contributed by atoms with Gasteiger partial charge in [-0.05, 0) is 62.4 Å². The number of nitrogens with zero attached hydrogens (tertiary/aromatic N) is 2. The fourth-order valence-corrected chi connectivity index (χ4v) is 2.82. The predicted octanol–water partition coefficient (Wildman–Crippen LogP) is 4.29. The summed E-state index contributed by atoms with van der Waals surface area (Å²) in [5, 5.41) is 13.0. The van der Waals surface area contributed by atoms with E-state index >= 15 is 0 Å². The summed E-state index contributed by atoms with van der Waals surface area (Å²) in [4.78, 5) is 12.5. The summed E-state index contributed by atoms with van der Waals surface area (Å²) < 4.78 is 2.07. The summed E-state index contributed by atoms with van der Waals surface area (Å²) in [5.41, 5.74) is 3.04. The van der Waals surface area contributed by atoms with Gasteiger partial charge in [0.2, 0.25) is 0 Å². The van der Waals surface area contributed by atoms with Crippen molar-refractivity contribution in [3.63, 3.8) is 0 Å². The van der Waals surface area contributed by atoms with E-state index in [1.54, 1.807) is 24.3 Å². The Kier molecular flexibility index (Phi) is 4.14. The van der Waals surface area contributed by atoms with Crippen LogP contribution in [0, 0.1) is 31.1 Å². The third-order valence-electron chi connectivity index (χ3n) is 4.42. The number of hydrogen-bond donors (Lipinski definition) is 1. The van der Waals surface area contributed by atoms with Gasteiger partial charge in [0.1, 0.15) is 11.9 Å². The minimum atomic E-state index is -0.229. The summed E-state index contributed by atoms with van der Waals surface area (Å²) in [7, 11) is 0. The predicted molar refractivity (Wildman–Crippen MR) is 90.8 cm³/mol. The molecular weight excluding hydrogens is 310 g/mol. The van der Waals surface area contributed by atoms with E-state index in [0.29, 0.717) is 27.9 Å². The van der Waals surface area contributed by atoms with Crippen LogP contribution in [0.4, 0.5) is 5.82 Å². The summed E-state index contributed by atoms with van der Waals surface area (Å²) in [6.45, 7) is 4.77. The number of aromatic nitrogens is 1. The van der Waals surface area contributed by atoms with Crippen LogP contribution in [-0.2, 0) is 6.54 Å². The monoisotopic (exact) mass is 327 g/mol. The molecule has 1 aliphatic rings. The van der Waals surface area contributed by atoms with E-state index in [4.69, 9.17) is 11.6 Å². The van der Waals surface area contributed by atoms with Crippen LogP contribution in [0.1, 0.15) is 40.0 Å². The molecule has 0 saturated heterocycles. The molecule has 23 heavy (non-hydrogen) atoms. The Morgan fingerprint density at radius 3 is 2.57 bits per heavy atom. The largest absolute Gasteiger partial charge is 0.330 e. The Balaban J connectivity index is 1.94. The summed E-state index contributed by atoms with van der Waals surface area (Å²) >= 11 is 5.86. The molecule has 0 radical (unpaired) electrons. The third kappa shape index (κ3) is 3.11. The van der Waals surface area contributed by atoms with E-state index in [-0.39, 0.29) is 5.91 Å². The molecule has 5 heteroatoms. The summed E-state index contributed by atoms with van der Waals surface area (Å²) in [6.07, 6.45) is 2.42. The molecule has 1 amide bonds. The number of benzene rings is 1. The highest BCUT2D eigenvalue weighted by Crippen LogP contribution is 2.35. The zero-order chi connectivity index (χ0) is 16.6. The topological polar surface area (TPSA) is 57.8 Å². The Hall–Kier alpha value is -2.25. The lowest BCUT2D eigenvalue weighted by Gasteiger charge is -2.12. The molecule has 1 saturated carbocycles. The van der Waals surface area contributed by atoms with Crippen molar-refractivity contribution in [2.45, 2.75) is 33.2 Å². The van der Waals surface area contributed by atoms with Crippen LogP contribution in [0.15, 0.2) is 24.3 Å². The van der Waals surface area contributed by atoms with Crippen molar-refractivity contribution in [1.82, 2.24) is 4.57 Å². The molecule has 0 atom stereocenters. The van der Waals surface area contributed by atoms with E-state index in [1.165, 1.54) is 12.8 Å². The van der Waals surface area contributed by atoms with E-state index in [2.05, 4.69) is 16.0 Å². The SMILES string of the molecule is Cc1c(C#N)c(NC(=O)c2ccc(Cl)cc2)n(CC2CC2)c1C. The van der Waals surface area contributed by atoms with Gasteiger partial charge in [-0.25, -0.2) is 0 Å². The Bertz CT molecular complexity index is 795. The zero-order valence-corrected chi connectivity index (χ0v) is 13.9. The minimum Gasteiger partial charge on any atom is -0.330 e. The fraction of sp³-hybridized carbons (Fsp3) is 0.333. The highest BCUT2D eigenvalue weighted by molar-refractivity contribution is 6.30. The van der Waals surface area contributed by atoms with Crippen LogP contribution in [-0.4, -0.2) is 10.5 Å². The number of rotatable bonds is 4. The van der Waals surface area contributed by atoms with Crippen molar-refractivity contribution < 1.29 is 4.79 Å². The number of carbonyl (C=O) groups is 1. The number of hydrogen-bond acceptors (Lipinski definition) is 2. The van der Waals surface area contributed by atoms with Crippen molar-refractivity contribution >= 4 is 23.3 Å². The van der Waals surface area contributed by atoms with Gasteiger partial charge in [0, 0.05) is 22.8 Å². The molecule has 118 valence electrons. The van der Waals surface area contributed by atoms with Gasteiger partial charge in [-0.2, -0.15) is 5.26 Å². The molecule has 1 aromatic heterocycles. The van der Waals surface area contributed by atoms with Crippen LogP contribution in [0.2, 0.25) is 5.02 Å². The van der Waals surface area contributed by atoms with Gasteiger partial charge in [-0.15, -0.1) is 0 Å². The van der Waals surface area contributed by atoms with Gasteiger partial charge in [0.05, 0.1) is 5.56 Å². The van der Waals surface area contributed by atoms with Crippen molar-refractivity contribution in [2.75, 3.05) is 5.32 Å². The first-order valence-corrected chi connectivity index (χ1v) is 8.05. The van der Waals surface area contributed by atoms with Gasteiger partial charge < -0.3 is 9.88 Å². The molecule has 1 heterocycles. The zero-order valence-electron chi connectivity index (χ0n) is 13.2. The van der Waals surface area contributed by atoms with Crippen LogP contribution in [0.3, 0.4) is 0 Å². The standard InChI is InChI=1S/C18H18ClN3O/c1-11-12(2)22(10-13-3-4-13)17(16(11)9-20)21-18(23)14-5-7-15(19)8-6-14/h5-8,13H,3-4,10H2,1-2H3,(H,21,23). The van der Waals surface area contributed by atoms with E-state index in [1.807, 2.05) is 13.8 Å². The smallest absolute Gasteiger partial charge is 0.256 e. The molecule has 0 unspecified atom stereocenters. The van der Waals surface area contributed by atoms with Gasteiger partial charge in [0.25, 0.3) is 5.91 Å². The Morgan fingerprint density at radius 1 is 1.35 bits per heavy atom. The maximum atomic E-state index is 12.5. The number of nitriles is 1. The first-order valence-electron chi connectivity index (χ1n) is 7.68. The van der Waals surface area contributed by atoms with Gasteiger partial charge in [-0.3, -0.25) is 4.79 Å². The van der Waals surface area contributed by atoms with Crippen LogP contribution in [0.5, 0.6) is 0 Å². The third-order valence-corrected chi connectivity index (χ3v) is 4.67. The lowest BCUT2D eigenvalue weighted by molar-refractivity contribution is 0.102. The number of halogens is 1. The molecular formula is C18H18ClN3O. The van der Waals surface area contributed by atoms with Gasteiger partial charge in [0.15, 0.2) is 0 Å². The molecule has 1 N–H and O–H groups in total. The van der Waals surface area contributed by atoms with E-state index in [9.17, 15) is 10.1 Å². The molecule has 0 bridgehead atoms. The van der Waals surface area contributed by atoms with Crippen molar-refractivity contribution in [2.24, 2.45) is 5.92 Å². The van der Waals surface area contributed by atoms with Gasteiger partial charge in [-0.1, -0.05) is 11.6 Å². The highest BCUT2D eigenvalue weighted by Gasteiger charge is 2.27. The second kappa shape index (κ2) is 6.10. The molecule has 1 aromatic carbocycles. The molecule has 0 spiro atoms. The maximum absolute atomic E-state index is 12.5. The molecule has 0 aliphatic heterocycles. The number of anilines is 1. The number of carbonyl (C=O) groups excluding carboxylic acids is 1. The molecule has 2 aromatic rings. The van der Waals surface area contributed by atoms with Crippen molar-refractivity contribution in [3.05, 3.63) is 51.7 Å². The minimum absolute atomic E-state index is 0.229. The quantitative estimate of drug-likeness (QED) is 0.910. The molecule has 4 nitrogen and oxygen atoms in total. The summed E-state index contributed by atoms with van der Waals surface area (Å²) in [5.74, 6) is 1.03. The molecule has 1 aliphatic carbocycles. The second-order valence-corrected chi connectivity index (χ2v) is 6.50. The fourth-order valence-electron chi connectivity index (χ4n) is 2.70. The summed E-state index contributed by atoms with van der Waals surface area (Å²) in [6, 6.07) is 8.95. The normalized spacial score (nSPS) is 13.7. The average molecular weight is 328 g/mol. The van der Waals surface area contributed by atoms with E-state index in [0.717, 1.165) is 17.8 Å². The first kappa shape index (κ1) is 15.6. The Labute approximate surface area is 140 Å². The first-order chi connectivity index (χ1) is 11.0. The molecule has 1 fully saturated rings. The van der Waals surface area contributed by atoms with Crippen LogP contribution >= 0.6 is 11.6 Å². The highest BCUT2D eigenvalue weighted by atomic mass is 35.5.